The third-order valence-electron chi connectivity index (χ3n) is 2.75. The highest BCUT2D eigenvalue weighted by atomic mass is 79.9. The van der Waals surface area contributed by atoms with Gasteiger partial charge >= 0.3 is 6.18 Å². The summed E-state index contributed by atoms with van der Waals surface area (Å²) < 4.78 is 38.2. The lowest BCUT2D eigenvalue weighted by Gasteiger charge is -2.13. The van der Waals surface area contributed by atoms with Crippen molar-refractivity contribution in [3.05, 3.63) is 33.8 Å². The molecule has 1 aromatic rings. The Bertz CT molecular complexity index is 479. The number of hydrogen-bond acceptors (Lipinski definition) is 1. The van der Waals surface area contributed by atoms with E-state index in [1.54, 1.807) is 0 Å². The maximum Gasteiger partial charge on any atom is 0.416 e. The van der Waals surface area contributed by atoms with E-state index >= 15 is 0 Å². The molecule has 7 heteroatoms. The number of hydrogen-bond donors (Lipinski definition) is 1. The predicted molar refractivity (Wildman–Crippen MR) is 76.0 cm³/mol. The van der Waals surface area contributed by atoms with Crippen molar-refractivity contribution in [3.8, 4) is 0 Å². The minimum Gasteiger partial charge on any atom is -0.352 e. The van der Waals surface area contributed by atoms with Crippen LogP contribution >= 0.6 is 27.5 Å². The van der Waals surface area contributed by atoms with Gasteiger partial charge < -0.3 is 5.32 Å². The maximum absolute atomic E-state index is 12.6. The average molecular weight is 373 g/mol. The van der Waals surface area contributed by atoms with E-state index in [2.05, 4.69) is 21.2 Å². The van der Waals surface area contributed by atoms with Crippen molar-refractivity contribution >= 4 is 33.4 Å². The van der Waals surface area contributed by atoms with Gasteiger partial charge in [0.25, 0.3) is 5.91 Å². The van der Waals surface area contributed by atoms with E-state index < -0.39 is 17.6 Å². The fourth-order valence-electron chi connectivity index (χ4n) is 1.53. The van der Waals surface area contributed by atoms with Gasteiger partial charge in [-0.15, -0.1) is 11.6 Å². The van der Waals surface area contributed by atoms with Crippen LogP contribution < -0.4 is 5.32 Å². The Morgan fingerprint density at radius 1 is 1.45 bits per heavy atom. The SMILES string of the molecule is CC(CCCl)CNC(=O)c1cc(C(F)(F)F)ccc1Br. The number of carbonyl (C=O) groups excluding carboxylic acids is 1. The summed E-state index contributed by atoms with van der Waals surface area (Å²) in [6.07, 6.45) is -3.74. The summed E-state index contributed by atoms with van der Waals surface area (Å²) in [5.41, 5.74) is -0.877. The summed E-state index contributed by atoms with van der Waals surface area (Å²) in [6, 6.07) is 2.99. The molecule has 0 aliphatic heterocycles. The molecule has 1 amide bonds. The first-order chi connectivity index (χ1) is 9.25. The van der Waals surface area contributed by atoms with E-state index in [0.29, 0.717) is 16.9 Å². The number of benzene rings is 1. The number of amides is 1. The molecule has 0 heterocycles. The first kappa shape index (κ1) is 17.3. The highest BCUT2D eigenvalue weighted by Crippen LogP contribution is 2.31. The van der Waals surface area contributed by atoms with Crippen molar-refractivity contribution < 1.29 is 18.0 Å². The molecule has 1 aromatic carbocycles. The van der Waals surface area contributed by atoms with E-state index in [9.17, 15) is 18.0 Å². The fourth-order valence-corrected chi connectivity index (χ4v) is 2.33. The summed E-state index contributed by atoms with van der Waals surface area (Å²) in [5.74, 6) is 0.106. The van der Waals surface area contributed by atoms with Gasteiger partial charge in [0, 0.05) is 16.9 Å². The molecule has 0 saturated carbocycles. The lowest BCUT2D eigenvalue weighted by molar-refractivity contribution is -0.137. The van der Waals surface area contributed by atoms with Crippen LogP contribution in [-0.4, -0.2) is 18.3 Å². The second-order valence-electron chi connectivity index (χ2n) is 4.49. The van der Waals surface area contributed by atoms with Crippen LogP contribution in [0.5, 0.6) is 0 Å². The minimum atomic E-state index is -4.47. The van der Waals surface area contributed by atoms with Gasteiger partial charge in [-0.1, -0.05) is 6.92 Å². The van der Waals surface area contributed by atoms with Gasteiger partial charge in [0.05, 0.1) is 11.1 Å². The van der Waals surface area contributed by atoms with E-state index in [1.807, 2.05) is 6.92 Å². The molecule has 112 valence electrons. The number of nitrogens with one attached hydrogen (secondary N) is 1. The molecule has 0 fully saturated rings. The van der Waals surface area contributed by atoms with Crippen molar-refractivity contribution in [2.24, 2.45) is 5.92 Å². The summed E-state index contributed by atoms with van der Waals surface area (Å²) in [7, 11) is 0. The summed E-state index contributed by atoms with van der Waals surface area (Å²) in [4.78, 5) is 11.9. The van der Waals surface area contributed by atoms with Gasteiger partial charge in [-0.2, -0.15) is 13.2 Å². The first-order valence-electron chi connectivity index (χ1n) is 5.96. The maximum atomic E-state index is 12.6. The van der Waals surface area contributed by atoms with Crippen LogP contribution in [0.25, 0.3) is 0 Å². The summed E-state index contributed by atoms with van der Waals surface area (Å²) >= 11 is 8.67. The lowest BCUT2D eigenvalue weighted by atomic mass is 10.1. The van der Waals surface area contributed by atoms with E-state index in [1.165, 1.54) is 6.07 Å². The molecule has 1 rings (SSSR count). The van der Waals surface area contributed by atoms with Crippen LogP contribution in [0.1, 0.15) is 29.3 Å². The Kier molecular flexibility index (Phi) is 6.33. The molecule has 1 unspecified atom stereocenters. The zero-order valence-corrected chi connectivity index (χ0v) is 13.1. The molecule has 0 spiro atoms. The molecule has 0 aromatic heterocycles. The van der Waals surface area contributed by atoms with E-state index in [-0.39, 0.29) is 11.5 Å². The van der Waals surface area contributed by atoms with Crippen molar-refractivity contribution in [1.29, 1.82) is 0 Å². The van der Waals surface area contributed by atoms with E-state index in [4.69, 9.17) is 11.6 Å². The molecule has 0 radical (unpaired) electrons. The second kappa shape index (κ2) is 7.31. The average Bonchev–Trinajstić information content (AvgIpc) is 2.35. The molecule has 0 bridgehead atoms. The quantitative estimate of drug-likeness (QED) is 0.760. The van der Waals surface area contributed by atoms with Crippen LogP contribution in [0, 0.1) is 5.92 Å². The smallest absolute Gasteiger partial charge is 0.352 e. The third kappa shape index (κ3) is 4.98. The highest BCUT2D eigenvalue weighted by Gasteiger charge is 2.31. The Labute approximate surface area is 128 Å². The van der Waals surface area contributed by atoms with Gasteiger partial charge in [-0.25, -0.2) is 0 Å². The van der Waals surface area contributed by atoms with E-state index in [0.717, 1.165) is 18.6 Å². The molecule has 20 heavy (non-hydrogen) atoms. The molecule has 0 aliphatic rings. The topological polar surface area (TPSA) is 29.1 Å². The number of halogens is 5. The molecule has 2 nitrogen and oxygen atoms in total. The zero-order chi connectivity index (χ0) is 15.3. The third-order valence-corrected chi connectivity index (χ3v) is 3.66. The van der Waals surface area contributed by atoms with Gasteiger partial charge in [0.15, 0.2) is 0 Å². The van der Waals surface area contributed by atoms with Crippen molar-refractivity contribution in [1.82, 2.24) is 5.32 Å². The van der Waals surface area contributed by atoms with Crippen molar-refractivity contribution in [3.63, 3.8) is 0 Å². The molecule has 0 saturated heterocycles. The minimum absolute atomic E-state index is 0.0297. The Morgan fingerprint density at radius 2 is 2.10 bits per heavy atom. The van der Waals surface area contributed by atoms with Crippen LogP contribution in [0.2, 0.25) is 0 Å². The number of alkyl halides is 4. The molecule has 0 aliphatic carbocycles. The Balaban J connectivity index is 2.82. The Hall–Kier alpha value is -0.750. The second-order valence-corrected chi connectivity index (χ2v) is 5.72. The van der Waals surface area contributed by atoms with Gasteiger partial charge in [0.2, 0.25) is 0 Å². The standard InChI is InChI=1S/C13H14BrClF3NO/c1-8(4-5-15)7-19-12(20)10-6-9(13(16,17)18)2-3-11(10)14/h2-3,6,8H,4-5,7H2,1H3,(H,19,20). The van der Waals surface area contributed by atoms with Crippen LogP contribution in [0.3, 0.4) is 0 Å². The van der Waals surface area contributed by atoms with Crippen LogP contribution in [0.4, 0.5) is 13.2 Å². The predicted octanol–water partition coefficient (Wildman–Crippen LogP) is 4.46. The Morgan fingerprint density at radius 3 is 2.65 bits per heavy atom. The lowest BCUT2D eigenvalue weighted by Crippen LogP contribution is -2.29. The molecular formula is C13H14BrClF3NO. The fraction of sp³-hybridized carbons (Fsp3) is 0.462. The first-order valence-corrected chi connectivity index (χ1v) is 7.29. The van der Waals surface area contributed by atoms with Gasteiger partial charge in [0.1, 0.15) is 0 Å². The molecule has 1 N–H and O–H groups in total. The molecular weight excluding hydrogens is 358 g/mol. The molecule has 1 atom stereocenters. The van der Waals surface area contributed by atoms with Crippen LogP contribution in [-0.2, 0) is 6.18 Å². The van der Waals surface area contributed by atoms with Gasteiger partial charge in [-0.05, 0) is 46.5 Å². The number of carbonyl (C=O) groups is 1. The highest BCUT2D eigenvalue weighted by molar-refractivity contribution is 9.10. The number of rotatable bonds is 5. The largest absolute Gasteiger partial charge is 0.416 e. The van der Waals surface area contributed by atoms with Crippen LogP contribution in [0.15, 0.2) is 22.7 Å². The van der Waals surface area contributed by atoms with Gasteiger partial charge in [-0.3, -0.25) is 4.79 Å². The normalized spacial score (nSPS) is 13.1. The summed E-state index contributed by atoms with van der Waals surface area (Å²) in [5, 5.41) is 2.61. The van der Waals surface area contributed by atoms with Crippen molar-refractivity contribution in [2.75, 3.05) is 12.4 Å². The monoisotopic (exact) mass is 371 g/mol. The zero-order valence-electron chi connectivity index (χ0n) is 10.7. The van der Waals surface area contributed by atoms with Crippen molar-refractivity contribution in [2.45, 2.75) is 19.5 Å². The summed E-state index contributed by atoms with van der Waals surface area (Å²) in [6.45, 7) is 2.28.